The zero-order valence-corrected chi connectivity index (χ0v) is 12.7. The van der Waals surface area contributed by atoms with Crippen LogP contribution in [0.3, 0.4) is 0 Å². The molecule has 0 N–H and O–H groups in total. The molecule has 0 aliphatic carbocycles. The van der Waals surface area contributed by atoms with Crippen molar-refractivity contribution in [3.8, 4) is 5.75 Å². The molecular formula is C14H16ClF3N2O. The van der Waals surface area contributed by atoms with Crippen LogP contribution >= 0.6 is 11.6 Å². The number of fused-ring (bicyclic) bond motifs is 1. The summed E-state index contributed by atoms with van der Waals surface area (Å²) in [6.45, 7) is 3.20. The van der Waals surface area contributed by atoms with Crippen molar-refractivity contribution in [2.24, 2.45) is 0 Å². The molecule has 0 aliphatic heterocycles. The van der Waals surface area contributed by atoms with Crippen molar-refractivity contribution in [1.29, 1.82) is 0 Å². The second kappa shape index (κ2) is 5.75. The van der Waals surface area contributed by atoms with Gasteiger partial charge in [-0.05, 0) is 26.0 Å². The van der Waals surface area contributed by atoms with E-state index < -0.39 is 24.0 Å². The molecule has 1 heterocycles. The summed E-state index contributed by atoms with van der Waals surface area (Å²) in [6, 6.07) is 4.32. The molecule has 1 aromatic carbocycles. The maximum atomic E-state index is 12.7. The Morgan fingerprint density at radius 3 is 2.52 bits per heavy atom. The predicted molar refractivity (Wildman–Crippen MR) is 75.9 cm³/mol. The van der Waals surface area contributed by atoms with Crippen molar-refractivity contribution in [3.05, 3.63) is 24.0 Å². The number of ether oxygens (including phenoxy) is 1. The van der Waals surface area contributed by atoms with Gasteiger partial charge in [0, 0.05) is 12.1 Å². The van der Waals surface area contributed by atoms with E-state index in [1.807, 2.05) is 0 Å². The third-order valence-electron chi connectivity index (χ3n) is 3.25. The van der Waals surface area contributed by atoms with Crippen molar-refractivity contribution >= 4 is 22.6 Å². The lowest BCUT2D eigenvalue weighted by molar-refractivity contribution is -0.141. The van der Waals surface area contributed by atoms with E-state index in [1.165, 1.54) is 14.0 Å². The SMILES string of the molecule is COc1ccc2nc(C(C)Cl)n(C(C)CC(F)(F)F)c2c1. The molecule has 0 spiro atoms. The molecule has 21 heavy (non-hydrogen) atoms. The molecule has 2 aromatic rings. The highest BCUT2D eigenvalue weighted by Crippen LogP contribution is 2.34. The van der Waals surface area contributed by atoms with Gasteiger partial charge in [-0.1, -0.05) is 0 Å². The average molecular weight is 321 g/mol. The average Bonchev–Trinajstić information content (AvgIpc) is 2.74. The molecule has 0 radical (unpaired) electrons. The molecule has 0 bridgehead atoms. The monoisotopic (exact) mass is 320 g/mol. The second-order valence-corrected chi connectivity index (χ2v) is 5.63. The summed E-state index contributed by atoms with van der Waals surface area (Å²) >= 11 is 6.07. The Labute approximate surface area is 125 Å². The summed E-state index contributed by atoms with van der Waals surface area (Å²) in [5.41, 5.74) is 1.20. The van der Waals surface area contributed by atoms with Crippen LogP contribution in [-0.2, 0) is 0 Å². The smallest absolute Gasteiger partial charge is 0.391 e. The summed E-state index contributed by atoms with van der Waals surface area (Å²) in [7, 11) is 1.51. The Hall–Kier alpha value is -1.43. The number of nitrogens with zero attached hydrogens (tertiary/aromatic N) is 2. The third kappa shape index (κ3) is 3.43. The number of alkyl halides is 4. The number of rotatable bonds is 4. The number of methoxy groups -OCH3 is 1. The summed E-state index contributed by atoms with van der Waals surface area (Å²) in [4.78, 5) is 4.35. The summed E-state index contributed by atoms with van der Waals surface area (Å²) < 4.78 is 44.7. The van der Waals surface area contributed by atoms with Crippen LogP contribution in [0.5, 0.6) is 5.75 Å². The molecule has 0 aliphatic rings. The largest absolute Gasteiger partial charge is 0.497 e. The first kappa shape index (κ1) is 15.9. The predicted octanol–water partition coefficient (Wildman–Crippen LogP) is 4.86. The van der Waals surface area contributed by atoms with Crippen LogP contribution < -0.4 is 4.74 Å². The second-order valence-electron chi connectivity index (χ2n) is 4.98. The molecule has 2 unspecified atom stereocenters. The van der Waals surface area contributed by atoms with Crippen molar-refractivity contribution in [2.45, 2.75) is 37.9 Å². The number of imidazole rings is 1. The molecule has 0 saturated carbocycles. The topological polar surface area (TPSA) is 27.1 Å². The van der Waals surface area contributed by atoms with E-state index in [9.17, 15) is 13.2 Å². The first-order chi connectivity index (χ1) is 9.73. The van der Waals surface area contributed by atoms with Gasteiger partial charge in [-0.15, -0.1) is 11.6 Å². The van der Waals surface area contributed by atoms with Gasteiger partial charge in [0.25, 0.3) is 0 Å². The molecular weight excluding hydrogens is 305 g/mol. The van der Waals surface area contributed by atoms with Crippen LogP contribution in [0.4, 0.5) is 13.2 Å². The van der Waals surface area contributed by atoms with Crippen molar-refractivity contribution < 1.29 is 17.9 Å². The maximum Gasteiger partial charge on any atom is 0.391 e. The third-order valence-corrected chi connectivity index (χ3v) is 3.44. The van der Waals surface area contributed by atoms with Gasteiger partial charge < -0.3 is 9.30 Å². The van der Waals surface area contributed by atoms with Gasteiger partial charge in [0.2, 0.25) is 0 Å². The zero-order chi connectivity index (χ0) is 15.8. The molecule has 116 valence electrons. The minimum atomic E-state index is -4.25. The van der Waals surface area contributed by atoms with E-state index in [-0.39, 0.29) is 0 Å². The summed E-state index contributed by atoms with van der Waals surface area (Å²) in [5.74, 6) is 0.994. The normalized spacial score (nSPS) is 15.2. The van der Waals surface area contributed by atoms with Gasteiger partial charge in [0.1, 0.15) is 11.6 Å². The fraction of sp³-hybridized carbons (Fsp3) is 0.500. The highest BCUT2D eigenvalue weighted by Gasteiger charge is 2.32. The lowest BCUT2D eigenvalue weighted by Gasteiger charge is -2.20. The van der Waals surface area contributed by atoms with Gasteiger partial charge in [0.05, 0.1) is 29.9 Å². The number of hydrogen-bond donors (Lipinski definition) is 0. The fourth-order valence-corrected chi connectivity index (χ4v) is 2.54. The molecule has 2 rings (SSSR count). The van der Waals surface area contributed by atoms with E-state index >= 15 is 0 Å². The Balaban J connectivity index is 2.59. The van der Waals surface area contributed by atoms with Gasteiger partial charge in [0.15, 0.2) is 0 Å². The van der Waals surface area contributed by atoms with Crippen molar-refractivity contribution in [1.82, 2.24) is 9.55 Å². The molecule has 3 nitrogen and oxygen atoms in total. The van der Waals surface area contributed by atoms with Gasteiger partial charge >= 0.3 is 6.18 Å². The van der Waals surface area contributed by atoms with Crippen LogP contribution in [-0.4, -0.2) is 22.8 Å². The van der Waals surface area contributed by atoms with Gasteiger partial charge in [-0.3, -0.25) is 0 Å². The standard InChI is InChI=1S/C14H16ClF3N2O/c1-8(7-14(16,17)18)20-12-6-10(21-3)4-5-11(12)19-13(20)9(2)15/h4-6,8-9H,7H2,1-3H3. The van der Waals surface area contributed by atoms with E-state index in [0.717, 1.165) is 0 Å². The molecule has 0 fully saturated rings. The van der Waals surface area contributed by atoms with Crippen LogP contribution in [0.1, 0.15) is 37.5 Å². The lowest BCUT2D eigenvalue weighted by atomic mass is 10.2. The fourth-order valence-electron chi connectivity index (χ4n) is 2.39. The lowest BCUT2D eigenvalue weighted by Crippen LogP contribution is -2.18. The number of halogens is 4. The van der Waals surface area contributed by atoms with Gasteiger partial charge in [-0.25, -0.2) is 4.98 Å². The Morgan fingerprint density at radius 2 is 2.00 bits per heavy atom. The van der Waals surface area contributed by atoms with Crippen molar-refractivity contribution in [3.63, 3.8) is 0 Å². The van der Waals surface area contributed by atoms with Crippen LogP contribution in [0.2, 0.25) is 0 Å². The zero-order valence-electron chi connectivity index (χ0n) is 11.9. The molecule has 0 saturated heterocycles. The molecule has 2 atom stereocenters. The Kier molecular flexibility index (Phi) is 4.37. The number of hydrogen-bond acceptors (Lipinski definition) is 2. The summed E-state index contributed by atoms with van der Waals surface area (Å²) in [6.07, 6.45) is -5.19. The maximum absolute atomic E-state index is 12.7. The Bertz CT molecular complexity index is 637. The molecule has 0 amide bonds. The number of aromatic nitrogens is 2. The Morgan fingerprint density at radius 1 is 1.33 bits per heavy atom. The van der Waals surface area contributed by atoms with E-state index in [0.29, 0.717) is 22.6 Å². The van der Waals surface area contributed by atoms with Crippen LogP contribution in [0.25, 0.3) is 11.0 Å². The van der Waals surface area contributed by atoms with Crippen LogP contribution in [0, 0.1) is 0 Å². The molecule has 7 heteroatoms. The quantitative estimate of drug-likeness (QED) is 0.752. The van der Waals surface area contributed by atoms with Crippen LogP contribution in [0.15, 0.2) is 18.2 Å². The first-order valence-electron chi connectivity index (χ1n) is 6.49. The molecule has 1 aromatic heterocycles. The van der Waals surface area contributed by atoms with E-state index in [1.54, 1.807) is 29.7 Å². The highest BCUT2D eigenvalue weighted by atomic mass is 35.5. The number of benzene rings is 1. The first-order valence-corrected chi connectivity index (χ1v) is 6.93. The van der Waals surface area contributed by atoms with Gasteiger partial charge in [-0.2, -0.15) is 13.2 Å². The van der Waals surface area contributed by atoms with E-state index in [4.69, 9.17) is 16.3 Å². The minimum Gasteiger partial charge on any atom is -0.497 e. The summed E-state index contributed by atoms with van der Waals surface area (Å²) in [5, 5.41) is -0.487. The minimum absolute atomic E-state index is 0.427. The van der Waals surface area contributed by atoms with E-state index in [2.05, 4.69) is 4.98 Å². The van der Waals surface area contributed by atoms with Crippen molar-refractivity contribution in [2.75, 3.05) is 7.11 Å². The highest BCUT2D eigenvalue weighted by molar-refractivity contribution is 6.20.